The van der Waals surface area contributed by atoms with Gasteiger partial charge in [0.25, 0.3) is 0 Å². The summed E-state index contributed by atoms with van der Waals surface area (Å²) >= 11 is 0. The summed E-state index contributed by atoms with van der Waals surface area (Å²) in [6.07, 6.45) is 0.824. The molecule has 4 nitrogen and oxygen atoms in total. The van der Waals surface area contributed by atoms with E-state index in [0.29, 0.717) is 17.9 Å². The topological polar surface area (TPSA) is 51.5 Å². The van der Waals surface area contributed by atoms with E-state index < -0.39 is 5.97 Å². The van der Waals surface area contributed by atoms with E-state index in [4.69, 9.17) is 4.74 Å². The molecule has 3 rings (SSSR count). The van der Waals surface area contributed by atoms with Crippen LogP contribution in [0.1, 0.15) is 29.4 Å². The summed E-state index contributed by atoms with van der Waals surface area (Å²) in [5, 5.41) is 10.1. The van der Waals surface area contributed by atoms with Gasteiger partial charge in [-0.05, 0) is 30.7 Å². The molecule has 0 saturated carbocycles. The molecule has 0 unspecified atom stereocenters. The number of aromatic carboxylic acids is 1. The molecule has 0 spiro atoms. The lowest BCUT2D eigenvalue weighted by atomic mass is 10.2. The molecule has 0 aliphatic rings. The van der Waals surface area contributed by atoms with Crippen LogP contribution in [0.4, 0.5) is 4.39 Å². The number of ether oxygens (including phenoxy) is 1. The van der Waals surface area contributed by atoms with Crippen molar-refractivity contribution >= 4 is 16.9 Å². The number of aryl methyl sites for hydroxylation is 1. The van der Waals surface area contributed by atoms with E-state index in [0.717, 1.165) is 17.3 Å². The first-order valence-corrected chi connectivity index (χ1v) is 7.83. The van der Waals surface area contributed by atoms with Gasteiger partial charge in [0.15, 0.2) is 0 Å². The van der Waals surface area contributed by atoms with Crippen molar-refractivity contribution < 1.29 is 19.0 Å². The molecule has 1 N–H and O–H groups in total. The second kappa shape index (κ2) is 6.74. The van der Waals surface area contributed by atoms with Crippen LogP contribution in [0.2, 0.25) is 0 Å². The number of carbonyl (C=O) groups is 1. The smallest absolute Gasteiger partial charge is 0.352 e. The Morgan fingerprint density at radius 2 is 2.00 bits per heavy atom. The van der Waals surface area contributed by atoms with Gasteiger partial charge in [0.05, 0.1) is 5.52 Å². The zero-order valence-corrected chi connectivity index (χ0v) is 13.3. The van der Waals surface area contributed by atoms with Gasteiger partial charge in [-0.25, -0.2) is 9.18 Å². The molecular weight excluding hydrogens is 309 g/mol. The fourth-order valence-corrected chi connectivity index (χ4v) is 2.80. The molecule has 2 aromatic carbocycles. The molecule has 1 aromatic heterocycles. The van der Waals surface area contributed by atoms with Gasteiger partial charge in [-0.15, -0.1) is 0 Å². The molecule has 0 radical (unpaired) electrons. The molecule has 0 saturated heterocycles. The van der Waals surface area contributed by atoms with Gasteiger partial charge in [-0.2, -0.15) is 0 Å². The Labute approximate surface area is 139 Å². The van der Waals surface area contributed by atoms with E-state index in [1.807, 2.05) is 19.1 Å². The Kier molecular flexibility index (Phi) is 4.51. The predicted molar refractivity (Wildman–Crippen MR) is 89.9 cm³/mol. The molecule has 0 amide bonds. The second-order valence-corrected chi connectivity index (χ2v) is 5.56. The molecule has 0 atom stereocenters. The van der Waals surface area contributed by atoms with E-state index in [9.17, 15) is 14.3 Å². The second-order valence-electron chi connectivity index (χ2n) is 5.56. The van der Waals surface area contributed by atoms with Crippen LogP contribution >= 0.6 is 0 Å². The van der Waals surface area contributed by atoms with Gasteiger partial charge in [0.1, 0.15) is 23.9 Å². The highest BCUT2D eigenvalue weighted by Crippen LogP contribution is 2.30. The summed E-state index contributed by atoms with van der Waals surface area (Å²) in [6, 6.07) is 13.5. The van der Waals surface area contributed by atoms with Crippen molar-refractivity contribution in [3.8, 4) is 5.75 Å². The van der Waals surface area contributed by atoms with Crippen LogP contribution in [0, 0.1) is 5.82 Å². The van der Waals surface area contributed by atoms with Gasteiger partial charge >= 0.3 is 5.97 Å². The third-order valence-electron chi connectivity index (χ3n) is 3.91. The number of rotatable bonds is 6. The Hall–Kier alpha value is -2.82. The first kappa shape index (κ1) is 16.1. The maximum absolute atomic E-state index is 13.7. The number of benzene rings is 2. The zero-order valence-electron chi connectivity index (χ0n) is 13.3. The van der Waals surface area contributed by atoms with E-state index in [-0.39, 0.29) is 18.1 Å². The Bertz CT molecular complexity index is 885. The Morgan fingerprint density at radius 1 is 1.21 bits per heavy atom. The number of fused-ring (bicyclic) bond motifs is 1. The molecule has 3 aromatic rings. The minimum Gasteiger partial charge on any atom is -0.488 e. The quantitative estimate of drug-likeness (QED) is 0.727. The van der Waals surface area contributed by atoms with E-state index in [1.54, 1.807) is 34.9 Å². The molecule has 24 heavy (non-hydrogen) atoms. The number of nitrogens with zero attached hydrogens (tertiary/aromatic N) is 1. The number of halogens is 1. The lowest BCUT2D eigenvalue weighted by molar-refractivity contribution is 0.0685. The third-order valence-corrected chi connectivity index (χ3v) is 3.91. The Balaban J connectivity index is 1.98. The summed E-state index contributed by atoms with van der Waals surface area (Å²) in [5.41, 5.74) is 1.50. The van der Waals surface area contributed by atoms with Crippen molar-refractivity contribution in [1.82, 2.24) is 4.57 Å². The van der Waals surface area contributed by atoms with Crippen molar-refractivity contribution in [2.24, 2.45) is 0 Å². The normalized spacial score (nSPS) is 10.9. The standard InChI is InChI=1S/C19H18FNO3/c1-2-10-21-16-8-5-9-18(14(16)11-17(21)19(22)23)24-12-13-6-3-4-7-15(13)20/h3-9,11H,2,10,12H2,1H3,(H,22,23). The average Bonchev–Trinajstić information content (AvgIpc) is 2.94. The fourth-order valence-electron chi connectivity index (χ4n) is 2.80. The molecule has 0 fully saturated rings. The van der Waals surface area contributed by atoms with E-state index >= 15 is 0 Å². The van der Waals surface area contributed by atoms with Crippen LogP contribution in [-0.4, -0.2) is 15.6 Å². The highest BCUT2D eigenvalue weighted by atomic mass is 19.1. The van der Waals surface area contributed by atoms with Crippen LogP contribution in [0.15, 0.2) is 48.5 Å². The highest BCUT2D eigenvalue weighted by Gasteiger charge is 2.16. The minimum absolute atomic E-state index is 0.0904. The van der Waals surface area contributed by atoms with Crippen LogP contribution in [0.3, 0.4) is 0 Å². The fraction of sp³-hybridized carbons (Fsp3) is 0.211. The minimum atomic E-state index is -0.972. The van der Waals surface area contributed by atoms with Crippen molar-refractivity contribution in [2.45, 2.75) is 26.5 Å². The molecule has 5 heteroatoms. The number of aromatic nitrogens is 1. The molecular formula is C19H18FNO3. The Morgan fingerprint density at radius 3 is 2.71 bits per heavy atom. The van der Waals surface area contributed by atoms with Crippen LogP contribution < -0.4 is 4.74 Å². The maximum Gasteiger partial charge on any atom is 0.352 e. The molecule has 0 aliphatic carbocycles. The zero-order chi connectivity index (χ0) is 17.1. The largest absolute Gasteiger partial charge is 0.488 e. The lowest BCUT2D eigenvalue weighted by Crippen LogP contribution is -2.07. The van der Waals surface area contributed by atoms with Crippen molar-refractivity contribution in [3.05, 3.63) is 65.6 Å². The summed E-state index contributed by atoms with van der Waals surface area (Å²) in [4.78, 5) is 11.5. The first-order valence-electron chi connectivity index (χ1n) is 7.83. The SMILES string of the molecule is CCCn1c(C(=O)O)cc2c(OCc3ccccc3F)cccc21. The molecule has 0 aliphatic heterocycles. The van der Waals surface area contributed by atoms with Crippen molar-refractivity contribution in [2.75, 3.05) is 0 Å². The van der Waals surface area contributed by atoms with E-state index in [1.165, 1.54) is 6.07 Å². The highest BCUT2D eigenvalue weighted by molar-refractivity contribution is 5.97. The summed E-state index contributed by atoms with van der Waals surface area (Å²) in [5.74, 6) is -0.743. The summed E-state index contributed by atoms with van der Waals surface area (Å²) in [7, 11) is 0. The van der Waals surface area contributed by atoms with Gasteiger partial charge < -0.3 is 14.4 Å². The number of carboxylic acid groups (broad SMARTS) is 1. The predicted octanol–water partition coefficient (Wildman–Crippen LogP) is 4.47. The van der Waals surface area contributed by atoms with Crippen LogP contribution in [-0.2, 0) is 13.2 Å². The average molecular weight is 327 g/mol. The maximum atomic E-state index is 13.7. The third kappa shape index (κ3) is 2.97. The number of hydrogen-bond donors (Lipinski definition) is 1. The monoisotopic (exact) mass is 327 g/mol. The van der Waals surface area contributed by atoms with E-state index in [2.05, 4.69) is 0 Å². The van der Waals surface area contributed by atoms with Crippen LogP contribution in [0.25, 0.3) is 10.9 Å². The number of carboxylic acids is 1. The van der Waals surface area contributed by atoms with Crippen LogP contribution in [0.5, 0.6) is 5.75 Å². The molecule has 0 bridgehead atoms. The molecule has 1 heterocycles. The van der Waals surface area contributed by atoms with Gasteiger partial charge in [-0.3, -0.25) is 0 Å². The first-order chi connectivity index (χ1) is 11.6. The van der Waals surface area contributed by atoms with Gasteiger partial charge in [0, 0.05) is 17.5 Å². The summed E-state index contributed by atoms with van der Waals surface area (Å²) < 4.78 is 21.3. The summed E-state index contributed by atoms with van der Waals surface area (Å²) in [6.45, 7) is 2.70. The lowest BCUT2D eigenvalue weighted by Gasteiger charge is -2.09. The van der Waals surface area contributed by atoms with Crippen molar-refractivity contribution in [1.29, 1.82) is 0 Å². The van der Waals surface area contributed by atoms with Crippen molar-refractivity contribution in [3.63, 3.8) is 0 Å². The van der Waals surface area contributed by atoms with Gasteiger partial charge in [-0.1, -0.05) is 31.2 Å². The van der Waals surface area contributed by atoms with Gasteiger partial charge in [0.2, 0.25) is 0 Å². The molecule has 124 valence electrons. The number of hydrogen-bond acceptors (Lipinski definition) is 2.